The molecule has 42 heavy (non-hydrogen) atoms. The molecule has 0 spiro atoms. The average molecular weight is 601 g/mol. The second kappa shape index (κ2) is 12.8. The van der Waals surface area contributed by atoms with E-state index in [9.17, 15) is 54.3 Å². The highest BCUT2D eigenvalue weighted by Gasteiger charge is 2.53. The molecular formula is C23H32N6O13. The number of hydrogen-bond donors (Lipinski definition) is 9. The number of aliphatic hydroxyl groups excluding tert-OH is 4. The number of carbonyl (C=O) groups excluding carboxylic acids is 3. The molecule has 1 aromatic rings. The fraction of sp³-hybridized carbons (Fsp3) is 0.565. The van der Waals surface area contributed by atoms with Crippen molar-refractivity contribution in [3.05, 3.63) is 44.2 Å². The Labute approximate surface area is 235 Å². The van der Waals surface area contributed by atoms with Crippen molar-refractivity contribution in [1.29, 1.82) is 0 Å². The van der Waals surface area contributed by atoms with Crippen molar-refractivity contribution in [2.24, 2.45) is 11.5 Å². The van der Waals surface area contributed by atoms with Gasteiger partial charge in [-0.3, -0.25) is 23.9 Å². The minimum Gasteiger partial charge on any atom is -0.479 e. The summed E-state index contributed by atoms with van der Waals surface area (Å²) in [6.07, 6.45) is -10.1. The molecular weight excluding hydrogens is 568 g/mol. The molecule has 232 valence electrons. The lowest BCUT2D eigenvalue weighted by atomic mass is 9.92. The quantitative estimate of drug-likeness (QED) is 0.113. The molecule has 3 amide bonds. The molecule has 3 rings (SSSR count). The van der Waals surface area contributed by atoms with Crippen molar-refractivity contribution < 1.29 is 54.2 Å². The number of H-pyrrole nitrogens is 1. The number of ether oxygens (including phenoxy) is 2. The van der Waals surface area contributed by atoms with Gasteiger partial charge in [0.1, 0.15) is 49.2 Å². The van der Waals surface area contributed by atoms with Gasteiger partial charge in [0, 0.05) is 18.3 Å². The minimum absolute atomic E-state index is 0.0341. The van der Waals surface area contributed by atoms with E-state index in [1.807, 2.05) is 4.98 Å². The summed E-state index contributed by atoms with van der Waals surface area (Å²) in [5.74, 6) is -3.80. The van der Waals surface area contributed by atoms with Crippen molar-refractivity contribution >= 4 is 23.9 Å². The van der Waals surface area contributed by atoms with Gasteiger partial charge in [-0.1, -0.05) is 6.08 Å². The van der Waals surface area contributed by atoms with Crippen LogP contribution in [0.25, 0.3) is 0 Å². The molecule has 19 heteroatoms. The molecule has 2 fully saturated rings. The van der Waals surface area contributed by atoms with Gasteiger partial charge < -0.3 is 56.7 Å². The number of nitrogens with two attached hydrogens (primary N) is 2. The number of carboxylic acids is 1. The number of hydrogen-bond acceptors (Lipinski definition) is 13. The summed E-state index contributed by atoms with van der Waals surface area (Å²) < 4.78 is 10.8. The maximum Gasteiger partial charge on any atom is 0.404 e. The fourth-order valence-corrected chi connectivity index (χ4v) is 4.55. The molecule has 2 saturated heterocycles. The second-order valence-corrected chi connectivity index (χ2v) is 9.72. The number of nitrogens with one attached hydrogen (secondary N) is 2. The number of likely N-dealkylation sites (tertiary alicyclic amines) is 1. The van der Waals surface area contributed by atoms with Gasteiger partial charge in [0.2, 0.25) is 11.8 Å². The van der Waals surface area contributed by atoms with Gasteiger partial charge in [-0.25, -0.2) is 14.4 Å². The van der Waals surface area contributed by atoms with Gasteiger partial charge >= 0.3 is 17.8 Å². The van der Waals surface area contributed by atoms with Crippen LogP contribution in [-0.4, -0.2) is 126 Å². The van der Waals surface area contributed by atoms with Crippen LogP contribution < -0.4 is 28.0 Å². The van der Waals surface area contributed by atoms with Gasteiger partial charge in [-0.05, 0) is 19.4 Å². The van der Waals surface area contributed by atoms with Crippen molar-refractivity contribution in [3.8, 4) is 0 Å². The lowest BCUT2D eigenvalue weighted by molar-refractivity contribution is -0.157. The van der Waals surface area contributed by atoms with Crippen molar-refractivity contribution in [1.82, 2.24) is 19.8 Å². The standard InChI is InChI=1S/C23H32N6O13/c1-3-8-5-28(12(8)21(37)38)19(36)11(26-18(35)10(24)13(31)9(30)6-41-22(25)39)16-14(32)15(33)20(42-16)29-4-7(2)17(34)27-23(29)40/h3-4,9-16,20,30-33H,5-6,24H2,1-2H3,(H2,25,39)(H,26,35)(H,37,38)(H,27,34,40). The predicted molar refractivity (Wildman–Crippen MR) is 136 cm³/mol. The number of carbonyl (C=O) groups is 4. The molecule has 11 N–H and O–H groups in total. The van der Waals surface area contributed by atoms with Crippen molar-refractivity contribution in [3.63, 3.8) is 0 Å². The Kier molecular flexibility index (Phi) is 9.86. The van der Waals surface area contributed by atoms with E-state index in [-0.39, 0.29) is 12.1 Å². The average Bonchev–Trinajstić information content (AvgIpc) is 3.19. The topological polar surface area (TPSA) is 310 Å². The zero-order valence-corrected chi connectivity index (χ0v) is 22.3. The Balaban J connectivity index is 1.94. The molecule has 0 aliphatic carbocycles. The number of nitrogens with zero attached hydrogens (tertiary/aromatic N) is 2. The first-order valence-corrected chi connectivity index (χ1v) is 12.5. The molecule has 0 saturated carbocycles. The van der Waals surface area contributed by atoms with Gasteiger partial charge in [0.15, 0.2) is 12.3 Å². The number of amides is 3. The van der Waals surface area contributed by atoms with Crippen LogP contribution in [0.2, 0.25) is 0 Å². The molecule has 19 nitrogen and oxygen atoms in total. The van der Waals surface area contributed by atoms with Crippen LogP contribution in [-0.2, 0) is 23.9 Å². The molecule has 1 aromatic heterocycles. The summed E-state index contributed by atoms with van der Waals surface area (Å²) in [6, 6.07) is -5.37. The zero-order valence-electron chi connectivity index (χ0n) is 22.3. The van der Waals surface area contributed by atoms with Crippen LogP contribution >= 0.6 is 0 Å². The van der Waals surface area contributed by atoms with Gasteiger partial charge in [-0.2, -0.15) is 0 Å². The number of aromatic nitrogens is 2. The first-order valence-electron chi connectivity index (χ1n) is 12.5. The van der Waals surface area contributed by atoms with Crippen LogP contribution in [0.15, 0.2) is 27.4 Å². The van der Waals surface area contributed by atoms with E-state index >= 15 is 0 Å². The number of aromatic amines is 1. The summed E-state index contributed by atoms with van der Waals surface area (Å²) in [5, 5.41) is 53.6. The highest BCUT2D eigenvalue weighted by atomic mass is 16.6. The molecule has 3 heterocycles. The van der Waals surface area contributed by atoms with Gasteiger partial charge in [0.05, 0.1) is 0 Å². The van der Waals surface area contributed by atoms with Gasteiger partial charge in [0.25, 0.3) is 5.56 Å². The number of primary amides is 1. The van der Waals surface area contributed by atoms with Crippen LogP contribution in [0, 0.1) is 6.92 Å². The van der Waals surface area contributed by atoms with E-state index in [0.29, 0.717) is 5.57 Å². The zero-order chi connectivity index (χ0) is 31.6. The molecule has 2 aliphatic heterocycles. The van der Waals surface area contributed by atoms with Crippen LogP contribution in [0.5, 0.6) is 0 Å². The Morgan fingerprint density at radius 3 is 2.45 bits per heavy atom. The van der Waals surface area contributed by atoms with E-state index in [1.165, 1.54) is 13.0 Å². The number of rotatable bonds is 10. The molecule has 9 unspecified atom stereocenters. The van der Waals surface area contributed by atoms with Crippen molar-refractivity contribution in [2.45, 2.75) is 68.7 Å². The monoisotopic (exact) mass is 600 g/mol. The first kappa shape index (κ1) is 32.4. The van der Waals surface area contributed by atoms with Crippen LogP contribution in [0.3, 0.4) is 0 Å². The Morgan fingerprint density at radius 1 is 1.24 bits per heavy atom. The van der Waals surface area contributed by atoms with E-state index in [1.54, 1.807) is 6.92 Å². The second-order valence-electron chi connectivity index (χ2n) is 9.72. The van der Waals surface area contributed by atoms with Crippen molar-refractivity contribution in [2.75, 3.05) is 13.2 Å². The summed E-state index contributed by atoms with van der Waals surface area (Å²) in [5.41, 5.74) is 9.16. The fourth-order valence-electron chi connectivity index (χ4n) is 4.55. The first-order chi connectivity index (χ1) is 19.6. The molecule has 0 radical (unpaired) electrons. The van der Waals surface area contributed by atoms with E-state index in [2.05, 4.69) is 10.1 Å². The van der Waals surface area contributed by atoms with Gasteiger partial charge in [-0.15, -0.1) is 0 Å². The summed E-state index contributed by atoms with van der Waals surface area (Å²) in [4.78, 5) is 76.2. The van der Waals surface area contributed by atoms with E-state index in [0.717, 1.165) is 15.7 Å². The lowest BCUT2D eigenvalue weighted by Crippen LogP contribution is -2.67. The summed E-state index contributed by atoms with van der Waals surface area (Å²) in [7, 11) is 0. The maximum atomic E-state index is 13.6. The van der Waals surface area contributed by atoms with E-state index in [4.69, 9.17) is 16.2 Å². The smallest absolute Gasteiger partial charge is 0.404 e. The third-order valence-corrected chi connectivity index (χ3v) is 6.95. The molecule has 0 bridgehead atoms. The number of aryl methyl sites for hydroxylation is 1. The molecule has 9 atom stereocenters. The number of aliphatic carboxylic acids is 1. The normalized spacial score (nSPS) is 27.5. The molecule has 0 aromatic carbocycles. The SMILES string of the molecule is CC=C1CN(C(=O)C(NC(=O)C(N)C(O)C(O)COC(N)=O)C2OC(n3cc(C)c(=O)[nH]c3=O)C(O)C2O)C1C(=O)O. The Morgan fingerprint density at radius 2 is 1.88 bits per heavy atom. The third kappa shape index (κ3) is 6.35. The largest absolute Gasteiger partial charge is 0.479 e. The highest BCUT2D eigenvalue weighted by molar-refractivity contribution is 5.95. The highest BCUT2D eigenvalue weighted by Crippen LogP contribution is 2.33. The summed E-state index contributed by atoms with van der Waals surface area (Å²) in [6.45, 7) is 1.88. The molecule has 2 aliphatic rings. The van der Waals surface area contributed by atoms with Crippen LogP contribution in [0.4, 0.5) is 4.79 Å². The Hall–Kier alpha value is -4.14. The van der Waals surface area contributed by atoms with E-state index < -0.39 is 96.6 Å². The number of carboxylic acid groups (broad SMARTS) is 1. The van der Waals surface area contributed by atoms with Crippen LogP contribution in [0.1, 0.15) is 18.7 Å². The number of allylic oxidation sites excluding steroid dienone is 1. The Bertz CT molecular complexity index is 1380. The predicted octanol–water partition coefficient (Wildman–Crippen LogP) is -5.66. The maximum absolute atomic E-state index is 13.6. The third-order valence-electron chi connectivity index (χ3n) is 6.95. The summed E-state index contributed by atoms with van der Waals surface area (Å²) >= 11 is 0. The number of aliphatic hydroxyl groups is 4. The minimum atomic E-state index is -2.07. The lowest BCUT2D eigenvalue weighted by Gasteiger charge is -2.43.